The molecule has 7 heteroatoms. The molecule has 3 N–H and O–H groups in total. The van der Waals surface area contributed by atoms with Gasteiger partial charge in [0.1, 0.15) is 0 Å². The van der Waals surface area contributed by atoms with E-state index in [1.54, 1.807) is 36.4 Å². The van der Waals surface area contributed by atoms with Crippen molar-refractivity contribution in [2.45, 2.75) is 0 Å². The maximum atomic E-state index is 11.3. The van der Waals surface area contributed by atoms with E-state index in [0.29, 0.717) is 0 Å². The number of carboxylic acids is 3. The van der Waals surface area contributed by atoms with Gasteiger partial charge in [-0.15, -0.1) is 0 Å². The standard InChI is InChI=1S/C57H39NO6/c59-55(60)49-19-13-43(14-20-49)37-1-7-40(8-2-37)46-25-31-52(32-26-46)58(53-33-27-47(28-34-53)41-9-3-38(4-10-41)44-15-21-50(22-16-44)56(61)62)54-35-29-48(30-36-54)42-11-5-39(6-12-42)45-17-23-51(24-18-45)57(63)64/h1-36H,(H,59,60)(H,61,62)(H,63,64). The normalized spacial score (nSPS) is 10.9. The highest BCUT2D eigenvalue weighted by atomic mass is 16.4. The van der Waals surface area contributed by atoms with E-state index in [4.69, 9.17) is 0 Å². The third kappa shape index (κ3) is 8.68. The van der Waals surface area contributed by atoms with Crippen molar-refractivity contribution < 1.29 is 29.7 Å². The Kier molecular flexibility index (Phi) is 11.2. The van der Waals surface area contributed by atoms with Gasteiger partial charge in [0.25, 0.3) is 0 Å². The SMILES string of the molecule is O=C(O)c1ccc(-c2ccc(-c3ccc(N(c4ccc(-c5ccc(-c6ccc(C(=O)O)cc6)cc5)cc4)c4ccc(-c5ccc(-c6ccc(C(=O)O)cc6)cc5)cc4)cc3)cc2)cc1. The number of benzene rings is 9. The Morgan fingerprint density at radius 3 is 0.484 bits per heavy atom. The molecule has 0 unspecified atom stereocenters. The van der Waals surface area contributed by atoms with Crippen LogP contribution in [0.1, 0.15) is 31.1 Å². The predicted molar refractivity (Wildman–Crippen MR) is 255 cm³/mol. The summed E-state index contributed by atoms with van der Waals surface area (Å²) in [6.07, 6.45) is 0. The summed E-state index contributed by atoms with van der Waals surface area (Å²) in [6, 6.07) is 70.9. The molecule has 0 atom stereocenters. The summed E-state index contributed by atoms with van der Waals surface area (Å²) >= 11 is 0. The number of rotatable bonds is 12. The molecule has 0 aliphatic rings. The molecule has 9 aromatic carbocycles. The van der Waals surface area contributed by atoms with Crippen molar-refractivity contribution in [3.63, 3.8) is 0 Å². The summed E-state index contributed by atoms with van der Waals surface area (Å²) in [7, 11) is 0. The minimum atomic E-state index is -0.947. The van der Waals surface area contributed by atoms with E-state index in [0.717, 1.165) is 83.8 Å². The van der Waals surface area contributed by atoms with Gasteiger partial charge in [-0.05, 0) is 140 Å². The van der Waals surface area contributed by atoms with Crippen LogP contribution in [-0.4, -0.2) is 33.2 Å². The third-order valence-electron chi connectivity index (χ3n) is 11.4. The second-order valence-electron chi connectivity index (χ2n) is 15.4. The lowest BCUT2D eigenvalue weighted by molar-refractivity contribution is 0.0686. The Hall–Kier alpha value is -8.81. The van der Waals surface area contributed by atoms with Gasteiger partial charge in [-0.1, -0.05) is 146 Å². The molecular weight excluding hydrogens is 795 g/mol. The Balaban J connectivity index is 0.989. The minimum absolute atomic E-state index is 0.256. The highest BCUT2D eigenvalue weighted by molar-refractivity contribution is 5.90. The predicted octanol–water partition coefficient (Wildman–Crippen LogP) is 14.3. The summed E-state index contributed by atoms with van der Waals surface area (Å²) in [6.45, 7) is 0. The van der Waals surface area contributed by atoms with E-state index >= 15 is 0 Å². The number of aromatic carboxylic acids is 3. The Labute approximate surface area is 370 Å². The van der Waals surface area contributed by atoms with Crippen molar-refractivity contribution in [2.75, 3.05) is 4.90 Å². The van der Waals surface area contributed by atoms with E-state index in [1.165, 1.54) is 0 Å². The molecule has 64 heavy (non-hydrogen) atoms. The van der Waals surface area contributed by atoms with Crippen molar-refractivity contribution in [3.05, 3.63) is 235 Å². The van der Waals surface area contributed by atoms with Crippen LogP contribution in [0.15, 0.2) is 218 Å². The molecule has 0 aliphatic heterocycles. The summed E-state index contributed by atoms with van der Waals surface area (Å²) in [5.41, 5.74) is 15.9. The van der Waals surface area contributed by atoms with Crippen LogP contribution in [0.25, 0.3) is 66.8 Å². The summed E-state index contributed by atoms with van der Waals surface area (Å²) in [5, 5.41) is 27.8. The van der Waals surface area contributed by atoms with Gasteiger partial charge in [-0.25, -0.2) is 14.4 Å². The molecule has 9 aromatic rings. The molecule has 9 rings (SSSR count). The van der Waals surface area contributed by atoms with Gasteiger partial charge >= 0.3 is 17.9 Å². The van der Waals surface area contributed by atoms with E-state index in [-0.39, 0.29) is 16.7 Å². The molecule has 0 bridgehead atoms. The summed E-state index contributed by atoms with van der Waals surface area (Å²) in [4.78, 5) is 36.2. The zero-order valence-electron chi connectivity index (χ0n) is 34.3. The maximum Gasteiger partial charge on any atom is 0.335 e. The number of hydrogen-bond acceptors (Lipinski definition) is 4. The zero-order valence-corrected chi connectivity index (χ0v) is 34.3. The van der Waals surface area contributed by atoms with Crippen molar-refractivity contribution in [2.24, 2.45) is 0 Å². The number of carbonyl (C=O) groups is 3. The molecule has 0 fully saturated rings. The van der Waals surface area contributed by atoms with Gasteiger partial charge in [-0.3, -0.25) is 0 Å². The van der Waals surface area contributed by atoms with Gasteiger partial charge in [0.05, 0.1) is 16.7 Å². The topological polar surface area (TPSA) is 115 Å². The Morgan fingerprint density at radius 1 is 0.219 bits per heavy atom. The first-order chi connectivity index (χ1) is 31.2. The lowest BCUT2D eigenvalue weighted by atomic mass is 9.98. The fourth-order valence-electron chi connectivity index (χ4n) is 7.84. The molecule has 0 saturated heterocycles. The Bertz CT molecular complexity index is 2740. The van der Waals surface area contributed by atoms with Crippen LogP contribution in [0.5, 0.6) is 0 Å². The maximum absolute atomic E-state index is 11.3. The van der Waals surface area contributed by atoms with E-state index in [9.17, 15) is 29.7 Å². The molecule has 7 nitrogen and oxygen atoms in total. The van der Waals surface area contributed by atoms with E-state index in [1.807, 2.05) is 72.8 Å². The molecule has 0 heterocycles. The second kappa shape index (κ2) is 17.7. The molecule has 0 aromatic heterocycles. The van der Waals surface area contributed by atoms with Crippen molar-refractivity contribution in [3.8, 4) is 66.8 Å². The molecule has 308 valence electrons. The van der Waals surface area contributed by atoms with Crippen LogP contribution in [0, 0.1) is 0 Å². The molecule has 0 radical (unpaired) electrons. The number of carboxylic acid groups (broad SMARTS) is 3. The molecule has 0 spiro atoms. The fourth-order valence-corrected chi connectivity index (χ4v) is 7.84. The third-order valence-corrected chi connectivity index (χ3v) is 11.4. The van der Waals surface area contributed by atoms with Crippen LogP contribution >= 0.6 is 0 Å². The summed E-state index contributed by atoms with van der Waals surface area (Å²) in [5.74, 6) is -2.84. The molecule has 0 amide bonds. The molecule has 0 saturated carbocycles. The molecular formula is C57H39NO6. The van der Waals surface area contributed by atoms with Gasteiger partial charge in [0.15, 0.2) is 0 Å². The van der Waals surface area contributed by atoms with E-state index in [2.05, 4.69) is 114 Å². The average molecular weight is 834 g/mol. The number of nitrogens with zero attached hydrogens (tertiary/aromatic N) is 1. The fraction of sp³-hybridized carbons (Fsp3) is 0. The average Bonchev–Trinajstić information content (AvgIpc) is 3.35. The van der Waals surface area contributed by atoms with Gasteiger partial charge < -0.3 is 20.2 Å². The van der Waals surface area contributed by atoms with Crippen molar-refractivity contribution in [1.82, 2.24) is 0 Å². The lowest BCUT2D eigenvalue weighted by Gasteiger charge is -2.26. The number of hydrogen-bond donors (Lipinski definition) is 3. The van der Waals surface area contributed by atoms with Crippen LogP contribution in [0.2, 0.25) is 0 Å². The highest BCUT2D eigenvalue weighted by Crippen LogP contribution is 2.38. The molecule has 0 aliphatic carbocycles. The largest absolute Gasteiger partial charge is 0.478 e. The number of anilines is 3. The van der Waals surface area contributed by atoms with Crippen LogP contribution < -0.4 is 4.90 Å². The minimum Gasteiger partial charge on any atom is -0.478 e. The first-order valence-corrected chi connectivity index (χ1v) is 20.6. The first-order valence-electron chi connectivity index (χ1n) is 20.6. The van der Waals surface area contributed by atoms with E-state index < -0.39 is 17.9 Å². The second-order valence-corrected chi connectivity index (χ2v) is 15.4. The van der Waals surface area contributed by atoms with Gasteiger partial charge in [-0.2, -0.15) is 0 Å². The van der Waals surface area contributed by atoms with Crippen LogP contribution in [-0.2, 0) is 0 Å². The highest BCUT2D eigenvalue weighted by Gasteiger charge is 2.15. The van der Waals surface area contributed by atoms with Crippen LogP contribution in [0.3, 0.4) is 0 Å². The Morgan fingerprint density at radius 2 is 0.344 bits per heavy atom. The zero-order chi connectivity index (χ0) is 44.2. The monoisotopic (exact) mass is 833 g/mol. The quantitative estimate of drug-likeness (QED) is 0.112. The van der Waals surface area contributed by atoms with Gasteiger partial charge in [0, 0.05) is 17.1 Å². The van der Waals surface area contributed by atoms with Gasteiger partial charge in [0.2, 0.25) is 0 Å². The van der Waals surface area contributed by atoms with Crippen LogP contribution in [0.4, 0.5) is 17.1 Å². The van der Waals surface area contributed by atoms with Crippen molar-refractivity contribution >= 4 is 35.0 Å². The smallest absolute Gasteiger partial charge is 0.335 e. The lowest BCUT2D eigenvalue weighted by Crippen LogP contribution is -2.09. The summed E-state index contributed by atoms with van der Waals surface area (Å²) < 4.78 is 0. The first kappa shape index (κ1) is 40.6. The van der Waals surface area contributed by atoms with Crippen molar-refractivity contribution in [1.29, 1.82) is 0 Å².